The number of carbonyl (C=O) groups is 2. The van der Waals surface area contributed by atoms with E-state index in [1.165, 1.54) is 6.21 Å². The second-order valence-electron chi connectivity index (χ2n) is 6.55. The number of hydrazone groups is 1. The van der Waals surface area contributed by atoms with E-state index >= 15 is 0 Å². The number of hydrogen-bond donors (Lipinski definition) is 2. The number of anilines is 1. The fraction of sp³-hybridized carbons (Fsp3) is 0.0870. The van der Waals surface area contributed by atoms with E-state index in [2.05, 4.69) is 15.8 Å². The molecule has 0 spiro atoms. The molecule has 0 aliphatic carbocycles. The molecule has 0 bridgehead atoms. The minimum absolute atomic E-state index is 0.386. The topological polar surface area (TPSA) is 79.8 Å². The van der Waals surface area contributed by atoms with Crippen LogP contribution in [0.15, 0.2) is 71.8 Å². The van der Waals surface area contributed by atoms with E-state index in [0.717, 1.165) is 5.56 Å². The molecule has 6 nitrogen and oxygen atoms in total. The third-order valence-electron chi connectivity index (χ3n) is 4.28. The van der Waals surface area contributed by atoms with Crippen LogP contribution < -0.4 is 15.5 Å². The van der Waals surface area contributed by atoms with Crippen molar-refractivity contribution in [3.05, 3.63) is 93.5 Å². The van der Waals surface area contributed by atoms with E-state index in [1.54, 1.807) is 55.5 Å². The minimum Gasteiger partial charge on any atom is -0.489 e. The highest BCUT2D eigenvalue weighted by molar-refractivity contribution is 6.40. The van der Waals surface area contributed by atoms with Gasteiger partial charge in [0.05, 0.1) is 6.21 Å². The quantitative estimate of drug-likeness (QED) is 0.312. The molecule has 3 aromatic carbocycles. The van der Waals surface area contributed by atoms with Crippen molar-refractivity contribution >= 4 is 46.9 Å². The number of nitrogens with zero attached hydrogens (tertiary/aromatic N) is 1. The molecule has 0 aliphatic rings. The minimum atomic E-state index is -0.897. The number of halogens is 2. The molecule has 0 saturated carbocycles. The predicted octanol–water partition coefficient (Wildman–Crippen LogP) is 4.97. The molecule has 2 N–H and O–H groups in total. The van der Waals surface area contributed by atoms with Crippen LogP contribution >= 0.6 is 23.2 Å². The van der Waals surface area contributed by atoms with Crippen molar-refractivity contribution in [1.29, 1.82) is 0 Å². The van der Waals surface area contributed by atoms with Gasteiger partial charge in [0, 0.05) is 15.7 Å². The van der Waals surface area contributed by atoms with Crippen LogP contribution in [0.4, 0.5) is 5.69 Å². The van der Waals surface area contributed by atoms with Gasteiger partial charge in [0.15, 0.2) is 0 Å². The van der Waals surface area contributed by atoms with Crippen LogP contribution in [-0.2, 0) is 16.2 Å². The molecule has 0 aliphatic heterocycles. The van der Waals surface area contributed by atoms with Gasteiger partial charge < -0.3 is 10.1 Å². The molecular weight excluding hydrogens is 437 g/mol. The lowest BCUT2D eigenvalue weighted by Gasteiger charge is -2.08. The van der Waals surface area contributed by atoms with Crippen LogP contribution in [0.3, 0.4) is 0 Å². The first-order valence-electron chi connectivity index (χ1n) is 9.29. The molecule has 8 heteroatoms. The SMILES string of the molecule is Cc1c(Cl)cccc1NC(=O)C(=O)NN=Cc1cccc(OCc2ccc(Cl)cc2)c1. The Morgan fingerprint density at radius 1 is 1.00 bits per heavy atom. The summed E-state index contributed by atoms with van der Waals surface area (Å²) in [6.07, 6.45) is 1.42. The Bertz CT molecular complexity index is 1120. The molecule has 158 valence electrons. The van der Waals surface area contributed by atoms with Crippen molar-refractivity contribution in [1.82, 2.24) is 5.43 Å². The zero-order chi connectivity index (χ0) is 22.2. The summed E-state index contributed by atoms with van der Waals surface area (Å²) in [4.78, 5) is 24.0. The monoisotopic (exact) mass is 455 g/mol. The van der Waals surface area contributed by atoms with Crippen molar-refractivity contribution in [2.75, 3.05) is 5.32 Å². The van der Waals surface area contributed by atoms with E-state index in [0.29, 0.717) is 39.2 Å². The molecule has 0 radical (unpaired) electrons. The van der Waals surface area contributed by atoms with Crippen LogP contribution in [0.25, 0.3) is 0 Å². The van der Waals surface area contributed by atoms with Crippen molar-refractivity contribution in [2.24, 2.45) is 5.10 Å². The van der Waals surface area contributed by atoms with Gasteiger partial charge in [0.25, 0.3) is 0 Å². The van der Waals surface area contributed by atoms with Gasteiger partial charge in [0.2, 0.25) is 0 Å². The molecule has 3 rings (SSSR count). The molecule has 0 saturated heterocycles. The highest BCUT2D eigenvalue weighted by Crippen LogP contribution is 2.22. The third kappa shape index (κ3) is 6.57. The molecule has 0 atom stereocenters. The van der Waals surface area contributed by atoms with Crippen molar-refractivity contribution < 1.29 is 14.3 Å². The van der Waals surface area contributed by atoms with Gasteiger partial charge in [0.1, 0.15) is 12.4 Å². The van der Waals surface area contributed by atoms with Crippen LogP contribution in [0, 0.1) is 6.92 Å². The number of benzene rings is 3. The average molecular weight is 456 g/mol. The highest BCUT2D eigenvalue weighted by Gasteiger charge is 2.14. The number of rotatable bonds is 6. The molecule has 2 amide bonds. The van der Waals surface area contributed by atoms with E-state index < -0.39 is 11.8 Å². The van der Waals surface area contributed by atoms with E-state index in [4.69, 9.17) is 27.9 Å². The number of ether oxygens (including phenoxy) is 1. The van der Waals surface area contributed by atoms with Crippen molar-refractivity contribution in [2.45, 2.75) is 13.5 Å². The molecule has 0 unspecified atom stereocenters. The maximum atomic E-state index is 12.0. The summed E-state index contributed by atoms with van der Waals surface area (Å²) in [5, 5.41) is 7.50. The van der Waals surface area contributed by atoms with Crippen LogP contribution in [0.2, 0.25) is 10.0 Å². The van der Waals surface area contributed by atoms with E-state index in [1.807, 2.05) is 18.2 Å². The molecule has 0 heterocycles. The molecule has 0 fully saturated rings. The highest BCUT2D eigenvalue weighted by atomic mass is 35.5. The average Bonchev–Trinajstić information content (AvgIpc) is 2.77. The summed E-state index contributed by atoms with van der Waals surface area (Å²) in [5.74, 6) is -1.10. The van der Waals surface area contributed by atoms with E-state index in [9.17, 15) is 9.59 Å². The lowest BCUT2D eigenvalue weighted by molar-refractivity contribution is -0.136. The van der Waals surface area contributed by atoms with Gasteiger partial charge in [-0.25, -0.2) is 5.43 Å². The van der Waals surface area contributed by atoms with Crippen LogP contribution in [-0.4, -0.2) is 18.0 Å². The summed E-state index contributed by atoms with van der Waals surface area (Å²) in [6.45, 7) is 2.13. The fourth-order valence-electron chi connectivity index (χ4n) is 2.57. The number of carbonyl (C=O) groups excluding carboxylic acids is 2. The predicted molar refractivity (Wildman–Crippen MR) is 123 cm³/mol. The maximum absolute atomic E-state index is 12.0. The molecule has 0 aromatic heterocycles. The van der Waals surface area contributed by atoms with Gasteiger partial charge in [-0.3, -0.25) is 9.59 Å². The maximum Gasteiger partial charge on any atom is 0.329 e. The number of amides is 2. The normalized spacial score (nSPS) is 10.7. The lowest BCUT2D eigenvalue weighted by atomic mass is 10.2. The third-order valence-corrected chi connectivity index (χ3v) is 4.94. The largest absolute Gasteiger partial charge is 0.489 e. The number of hydrogen-bond acceptors (Lipinski definition) is 4. The second kappa shape index (κ2) is 10.6. The fourth-order valence-corrected chi connectivity index (χ4v) is 2.87. The molecule has 3 aromatic rings. The first kappa shape index (κ1) is 22.3. The Kier molecular flexibility index (Phi) is 7.65. The lowest BCUT2D eigenvalue weighted by Crippen LogP contribution is -2.32. The number of nitrogens with one attached hydrogen (secondary N) is 2. The second-order valence-corrected chi connectivity index (χ2v) is 7.40. The van der Waals surface area contributed by atoms with Crippen LogP contribution in [0.1, 0.15) is 16.7 Å². The summed E-state index contributed by atoms with van der Waals surface area (Å²) >= 11 is 11.9. The summed E-state index contributed by atoms with van der Waals surface area (Å²) in [6, 6.07) is 19.6. The standard InChI is InChI=1S/C23H19Cl2N3O3/c1-15-20(25)6-3-7-21(15)27-22(29)23(30)28-26-13-17-4-2-5-19(12-17)31-14-16-8-10-18(24)11-9-16/h2-13H,14H2,1H3,(H,27,29)(H,28,30). The Morgan fingerprint density at radius 3 is 2.52 bits per heavy atom. The van der Waals surface area contributed by atoms with Gasteiger partial charge in [-0.2, -0.15) is 5.10 Å². The zero-order valence-corrected chi connectivity index (χ0v) is 18.1. The Morgan fingerprint density at radius 2 is 1.74 bits per heavy atom. The summed E-state index contributed by atoms with van der Waals surface area (Å²) in [5.41, 5.74) is 5.01. The Labute approximate surface area is 189 Å². The van der Waals surface area contributed by atoms with Gasteiger partial charge in [-0.05, 0) is 60.0 Å². The smallest absolute Gasteiger partial charge is 0.329 e. The van der Waals surface area contributed by atoms with Crippen molar-refractivity contribution in [3.8, 4) is 5.75 Å². The first-order valence-corrected chi connectivity index (χ1v) is 10.0. The van der Waals surface area contributed by atoms with Crippen molar-refractivity contribution in [3.63, 3.8) is 0 Å². The molecular formula is C23H19Cl2N3O3. The van der Waals surface area contributed by atoms with Gasteiger partial charge >= 0.3 is 11.8 Å². The Hall–Kier alpha value is -3.35. The molecule has 31 heavy (non-hydrogen) atoms. The summed E-state index contributed by atoms with van der Waals surface area (Å²) < 4.78 is 5.76. The van der Waals surface area contributed by atoms with E-state index in [-0.39, 0.29) is 0 Å². The van der Waals surface area contributed by atoms with Gasteiger partial charge in [-0.15, -0.1) is 0 Å². The first-order chi connectivity index (χ1) is 14.9. The Balaban J connectivity index is 1.53. The summed E-state index contributed by atoms with van der Waals surface area (Å²) in [7, 11) is 0. The van der Waals surface area contributed by atoms with Gasteiger partial charge in [-0.1, -0.05) is 53.5 Å². The zero-order valence-electron chi connectivity index (χ0n) is 16.6. The van der Waals surface area contributed by atoms with Crippen LogP contribution in [0.5, 0.6) is 5.75 Å².